The van der Waals surface area contributed by atoms with E-state index in [-0.39, 0.29) is 5.91 Å². The summed E-state index contributed by atoms with van der Waals surface area (Å²) in [7, 11) is 0. The molecule has 0 atom stereocenters. The minimum absolute atomic E-state index is 0.356. The molecule has 0 saturated heterocycles. The Morgan fingerprint density at radius 3 is 2.35 bits per heavy atom. The average Bonchev–Trinajstić information content (AvgIpc) is 2.95. The zero-order chi connectivity index (χ0) is 18.7. The van der Waals surface area contributed by atoms with Crippen LogP contribution in [0.2, 0.25) is 10.0 Å². The number of rotatable bonds is 4. The summed E-state index contributed by atoms with van der Waals surface area (Å²) in [6, 6.07) is 16.6. The largest absolute Gasteiger partial charge is 0.318 e. The van der Waals surface area contributed by atoms with Crippen LogP contribution in [0.3, 0.4) is 0 Å². The van der Waals surface area contributed by atoms with E-state index in [2.05, 4.69) is 15.1 Å². The van der Waals surface area contributed by atoms with E-state index in [1.165, 1.54) is 6.21 Å². The second kappa shape index (κ2) is 7.77. The molecule has 3 aromatic rings. The molecule has 0 bridgehead atoms. The van der Waals surface area contributed by atoms with Crippen molar-refractivity contribution >= 4 is 35.3 Å². The van der Waals surface area contributed by atoms with Crippen molar-refractivity contribution in [1.82, 2.24) is 9.99 Å². The van der Waals surface area contributed by atoms with Gasteiger partial charge in [0.25, 0.3) is 5.91 Å². The number of nitrogens with one attached hydrogen (secondary N) is 1. The van der Waals surface area contributed by atoms with Crippen molar-refractivity contribution in [3.05, 3.63) is 87.2 Å². The lowest BCUT2D eigenvalue weighted by molar-refractivity contribution is 0.0955. The molecule has 3 rings (SSSR count). The van der Waals surface area contributed by atoms with Crippen LogP contribution < -0.4 is 5.43 Å². The minimum atomic E-state index is -0.384. The predicted molar refractivity (Wildman–Crippen MR) is 107 cm³/mol. The van der Waals surface area contributed by atoms with Crippen LogP contribution in [-0.4, -0.2) is 16.7 Å². The molecule has 26 heavy (non-hydrogen) atoms. The van der Waals surface area contributed by atoms with E-state index in [0.29, 0.717) is 15.6 Å². The number of hydrogen-bond donors (Lipinski definition) is 1. The van der Waals surface area contributed by atoms with Gasteiger partial charge in [0.1, 0.15) is 0 Å². The Morgan fingerprint density at radius 1 is 1.00 bits per heavy atom. The third-order valence-electron chi connectivity index (χ3n) is 4.00. The fourth-order valence-electron chi connectivity index (χ4n) is 2.70. The fraction of sp³-hybridized carbons (Fsp3) is 0.100. The molecule has 0 spiro atoms. The molecule has 1 N–H and O–H groups in total. The molecule has 1 amide bonds. The molecule has 6 heteroatoms. The highest BCUT2D eigenvalue weighted by Crippen LogP contribution is 2.23. The summed E-state index contributed by atoms with van der Waals surface area (Å²) < 4.78 is 2.07. The number of amides is 1. The maximum atomic E-state index is 12.3. The van der Waals surface area contributed by atoms with Crippen LogP contribution in [0.15, 0.2) is 59.7 Å². The molecule has 0 unspecified atom stereocenters. The maximum Gasteiger partial charge on any atom is 0.272 e. The molecule has 4 nitrogen and oxygen atoms in total. The summed E-state index contributed by atoms with van der Waals surface area (Å²) in [4.78, 5) is 12.3. The van der Waals surface area contributed by atoms with Gasteiger partial charge in [0.15, 0.2) is 0 Å². The third-order valence-corrected chi connectivity index (χ3v) is 4.66. The standard InChI is InChI=1S/C20H17Cl2N3O/c1-13-7-8-14(2)25(13)16-9-10-17(19(22)11-16)20(26)24-23-12-15-5-3-4-6-18(15)21/h3-12H,1-2H3,(H,24,26)/b23-12-. The second-order valence-corrected chi connectivity index (χ2v) is 6.65. The first-order chi connectivity index (χ1) is 12.5. The summed E-state index contributed by atoms with van der Waals surface area (Å²) in [5.74, 6) is -0.384. The van der Waals surface area contributed by atoms with Crippen molar-refractivity contribution in [3.63, 3.8) is 0 Å². The van der Waals surface area contributed by atoms with Crippen molar-refractivity contribution in [2.75, 3.05) is 0 Å². The molecule has 2 aromatic carbocycles. The van der Waals surface area contributed by atoms with Gasteiger partial charge in [-0.1, -0.05) is 41.4 Å². The van der Waals surface area contributed by atoms with Gasteiger partial charge in [0.05, 0.1) is 16.8 Å². The van der Waals surface area contributed by atoms with Gasteiger partial charge in [-0.15, -0.1) is 0 Å². The first-order valence-electron chi connectivity index (χ1n) is 8.00. The smallest absolute Gasteiger partial charge is 0.272 e. The number of halogens is 2. The summed E-state index contributed by atoms with van der Waals surface area (Å²) in [5, 5.41) is 4.87. The van der Waals surface area contributed by atoms with E-state index in [0.717, 1.165) is 22.6 Å². The molecule has 0 aliphatic heterocycles. The molecule has 0 radical (unpaired) electrons. The Labute approximate surface area is 162 Å². The highest BCUT2D eigenvalue weighted by molar-refractivity contribution is 6.34. The van der Waals surface area contributed by atoms with Crippen molar-refractivity contribution in [2.45, 2.75) is 13.8 Å². The minimum Gasteiger partial charge on any atom is -0.318 e. The molecule has 0 aliphatic carbocycles. The molecular formula is C20H17Cl2N3O. The summed E-state index contributed by atoms with van der Waals surface area (Å²) in [6.07, 6.45) is 1.50. The van der Waals surface area contributed by atoms with E-state index in [4.69, 9.17) is 23.2 Å². The van der Waals surface area contributed by atoms with Gasteiger partial charge >= 0.3 is 0 Å². The molecule has 0 aliphatic rings. The van der Waals surface area contributed by atoms with Crippen LogP contribution in [0.5, 0.6) is 0 Å². The number of aryl methyl sites for hydroxylation is 2. The van der Waals surface area contributed by atoms with Crippen LogP contribution >= 0.6 is 23.2 Å². The van der Waals surface area contributed by atoms with Crippen LogP contribution in [0, 0.1) is 13.8 Å². The summed E-state index contributed by atoms with van der Waals surface area (Å²) in [6.45, 7) is 4.04. The number of carbonyl (C=O) groups is 1. The molecular weight excluding hydrogens is 369 g/mol. The Morgan fingerprint density at radius 2 is 1.69 bits per heavy atom. The average molecular weight is 386 g/mol. The Bertz CT molecular complexity index is 973. The monoisotopic (exact) mass is 385 g/mol. The number of nitrogens with zero attached hydrogens (tertiary/aromatic N) is 2. The number of hydrazone groups is 1. The van der Waals surface area contributed by atoms with E-state index in [9.17, 15) is 4.79 Å². The van der Waals surface area contributed by atoms with Crippen molar-refractivity contribution < 1.29 is 4.79 Å². The Balaban J connectivity index is 1.77. The van der Waals surface area contributed by atoms with Crippen LogP contribution in [0.1, 0.15) is 27.3 Å². The van der Waals surface area contributed by atoms with Crippen molar-refractivity contribution in [3.8, 4) is 5.69 Å². The zero-order valence-corrected chi connectivity index (χ0v) is 15.8. The first kappa shape index (κ1) is 18.2. The van der Waals surface area contributed by atoms with Crippen LogP contribution in [0.25, 0.3) is 5.69 Å². The molecule has 0 saturated carbocycles. The van der Waals surface area contributed by atoms with Gasteiger partial charge in [-0.05, 0) is 50.2 Å². The molecule has 1 aromatic heterocycles. The number of hydrogen-bond acceptors (Lipinski definition) is 2. The molecule has 0 fully saturated rings. The lowest BCUT2D eigenvalue weighted by Crippen LogP contribution is -2.18. The predicted octanol–water partition coefficient (Wildman–Crippen LogP) is 5.16. The quantitative estimate of drug-likeness (QED) is 0.488. The first-order valence-corrected chi connectivity index (χ1v) is 8.76. The highest BCUT2D eigenvalue weighted by atomic mass is 35.5. The third kappa shape index (κ3) is 3.82. The normalized spacial score (nSPS) is 11.1. The SMILES string of the molecule is Cc1ccc(C)n1-c1ccc(C(=O)N/N=C\c2ccccc2Cl)c(Cl)c1. The van der Waals surface area contributed by atoms with E-state index < -0.39 is 0 Å². The van der Waals surface area contributed by atoms with Gasteiger partial charge in [-0.25, -0.2) is 5.43 Å². The maximum absolute atomic E-state index is 12.3. The lowest BCUT2D eigenvalue weighted by Gasteiger charge is -2.11. The Hall–Kier alpha value is -2.56. The van der Waals surface area contributed by atoms with Crippen LogP contribution in [-0.2, 0) is 0 Å². The van der Waals surface area contributed by atoms with E-state index >= 15 is 0 Å². The van der Waals surface area contributed by atoms with E-state index in [1.54, 1.807) is 18.2 Å². The van der Waals surface area contributed by atoms with Gasteiger partial charge < -0.3 is 4.57 Å². The van der Waals surface area contributed by atoms with E-state index in [1.807, 2.05) is 50.2 Å². The summed E-state index contributed by atoms with van der Waals surface area (Å²) >= 11 is 12.4. The summed E-state index contributed by atoms with van der Waals surface area (Å²) in [5.41, 5.74) is 6.65. The zero-order valence-electron chi connectivity index (χ0n) is 14.3. The van der Waals surface area contributed by atoms with Gasteiger partial charge in [0.2, 0.25) is 0 Å². The van der Waals surface area contributed by atoms with Gasteiger partial charge in [0, 0.05) is 27.7 Å². The van der Waals surface area contributed by atoms with Crippen molar-refractivity contribution in [2.24, 2.45) is 5.10 Å². The number of aromatic nitrogens is 1. The second-order valence-electron chi connectivity index (χ2n) is 5.84. The molecule has 132 valence electrons. The van der Waals surface area contributed by atoms with Crippen molar-refractivity contribution in [1.29, 1.82) is 0 Å². The lowest BCUT2D eigenvalue weighted by atomic mass is 10.2. The topological polar surface area (TPSA) is 46.4 Å². The molecule has 1 heterocycles. The van der Waals surface area contributed by atoms with Crippen LogP contribution in [0.4, 0.5) is 0 Å². The highest BCUT2D eigenvalue weighted by Gasteiger charge is 2.12. The fourth-order valence-corrected chi connectivity index (χ4v) is 3.15. The number of benzene rings is 2. The van der Waals surface area contributed by atoms with Gasteiger partial charge in [-0.2, -0.15) is 5.10 Å². The number of carbonyl (C=O) groups excluding carboxylic acids is 1. The van der Waals surface area contributed by atoms with Gasteiger partial charge in [-0.3, -0.25) is 4.79 Å². The Kier molecular flexibility index (Phi) is 5.45.